The third-order valence-corrected chi connectivity index (χ3v) is 5.79. The number of rotatable bonds is 9. The number of nitrogens with one attached hydrogen (secondary N) is 1. The molecule has 7 heteroatoms. The largest absolute Gasteiger partial charge is 0.385 e. The normalized spacial score (nSPS) is 18.8. The molecule has 0 spiro atoms. The first kappa shape index (κ1) is 17.8. The lowest BCUT2D eigenvalue weighted by Crippen LogP contribution is -2.47. The van der Waals surface area contributed by atoms with Crippen molar-refractivity contribution < 1.29 is 13.2 Å². The van der Waals surface area contributed by atoms with E-state index in [9.17, 15) is 8.42 Å². The summed E-state index contributed by atoms with van der Waals surface area (Å²) < 4.78 is 32.8. The van der Waals surface area contributed by atoms with Crippen LogP contribution in [0.1, 0.15) is 26.2 Å². The van der Waals surface area contributed by atoms with Gasteiger partial charge >= 0.3 is 0 Å². The van der Waals surface area contributed by atoms with Gasteiger partial charge in [0.05, 0.1) is 0 Å². The van der Waals surface area contributed by atoms with Crippen LogP contribution in [0.25, 0.3) is 0 Å². The number of ether oxygens (including phenoxy) is 1. The Kier molecular flexibility index (Phi) is 7.98. The summed E-state index contributed by atoms with van der Waals surface area (Å²) in [6, 6.07) is 0. The molecule has 1 rings (SSSR count). The molecule has 20 heavy (non-hydrogen) atoms. The van der Waals surface area contributed by atoms with Crippen molar-refractivity contribution in [1.29, 1.82) is 0 Å². The van der Waals surface area contributed by atoms with E-state index in [4.69, 9.17) is 4.74 Å². The highest BCUT2D eigenvalue weighted by molar-refractivity contribution is 7.86. The van der Waals surface area contributed by atoms with Gasteiger partial charge in [-0.3, -0.25) is 0 Å². The molecule has 1 aliphatic heterocycles. The maximum absolute atomic E-state index is 12.4. The standard InChI is InChI=1S/C13H29N3O3S/c1-4-14-12-13-6-9-16(10-7-13)20(17,18)15(2)8-5-11-19-3/h13-14H,4-12H2,1-3H3. The summed E-state index contributed by atoms with van der Waals surface area (Å²) >= 11 is 0. The second-order valence-corrected chi connectivity index (χ2v) is 7.36. The Morgan fingerprint density at radius 3 is 2.55 bits per heavy atom. The van der Waals surface area contributed by atoms with E-state index in [-0.39, 0.29) is 0 Å². The summed E-state index contributed by atoms with van der Waals surface area (Å²) in [7, 11) is -0.0186. The monoisotopic (exact) mass is 307 g/mol. The molecule has 0 atom stereocenters. The van der Waals surface area contributed by atoms with Gasteiger partial charge < -0.3 is 10.1 Å². The zero-order chi connectivity index (χ0) is 15.0. The molecule has 0 saturated carbocycles. The van der Waals surface area contributed by atoms with Gasteiger partial charge in [0.1, 0.15) is 0 Å². The first-order valence-corrected chi connectivity index (χ1v) is 8.83. The van der Waals surface area contributed by atoms with Crippen molar-refractivity contribution in [3.8, 4) is 0 Å². The Morgan fingerprint density at radius 1 is 1.35 bits per heavy atom. The molecular weight excluding hydrogens is 278 g/mol. The van der Waals surface area contributed by atoms with E-state index in [1.54, 1.807) is 18.5 Å². The summed E-state index contributed by atoms with van der Waals surface area (Å²) in [5.74, 6) is 0.597. The molecule has 0 amide bonds. The Hall–Kier alpha value is -0.210. The third kappa shape index (κ3) is 5.29. The molecule has 0 aliphatic carbocycles. The topological polar surface area (TPSA) is 61.9 Å². The Labute approximate surface area is 123 Å². The molecule has 1 heterocycles. The Morgan fingerprint density at radius 2 is 2.00 bits per heavy atom. The van der Waals surface area contributed by atoms with E-state index in [0.717, 1.165) is 32.4 Å². The zero-order valence-corrected chi connectivity index (χ0v) is 13.8. The van der Waals surface area contributed by atoms with Crippen LogP contribution >= 0.6 is 0 Å². The summed E-state index contributed by atoms with van der Waals surface area (Å²) in [5, 5.41) is 3.34. The van der Waals surface area contributed by atoms with Gasteiger partial charge in [0, 0.05) is 40.4 Å². The van der Waals surface area contributed by atoms with Gasteiger partial charge in [-0.2, -0.15) is 17.0 Å². The van der Waals surface area contributed by atoms with Crippen LogP contribution in [0.2, 0.25) is 0 Å². The number of hydrogen-bond donors (Lipinski definition) is 1. The smallest absolute Gasteiger partial charge is 0.281 e. The van der Waals surface area contributed by atoms with E-state index < -0.39 is 10.2 Å². The third-order valence-electron chi connectivity index (χ3n) is 3.80. The van der Waals surface area contributed by atoms with Crippen molar-refractivity contribution in [3.63, 3.8) is 0 Å². The van der Waals surface area contributed by atoms with Gasteiger partial charge in [0.15, 0.2) is 0 Å². The average molecular weight is 307 g/mol. The molecule has 0 bridgehead atoms. The maximum Gasteiger partial charge on any atom is 0.281 e. The Balaban J connectivity index is 2.41. The maximum atomic E-state index is 12.4. The lowest BCUT2D eigenvalue weighted by molar-refractivity contribution is 0.187. The summed E-state index contributed by atoms with van der Waals surface area (Å²) in [6.07, 6.45) is 2.61. The van der Waals surface area contributed by atoms with Crippen molar-refractivity contribution >= 4 is 10.2 Å². The van der Waals surface area contributed by atoms with E-state index >= 15 is 0 Å². The minimum atomic E-state index is -3.30. The van der Waals surface area contributed by atoms with Crippen molar-refractivity contribution in [2.45, 2.75) is 26.2 Å². The fourth-order valence-electron chi connectivity index (χ4n) is 2.44. The van der Waals surface area contributed by atoms with Crippen molar-refractivity contribution in [2.24, 2.45) is 5.92 Å². The molecule has 1 aliphatic rings. The SMILES string of the molecule is CCNCC1CCN(S(=O)(=O)N(C)CCCOC)CC1. The van der Waals surface area contributed by atoms with E-state index in [1.807, 2.05) is 0 Å². The lowest BCUT2D eigenvalue weighted by atomic mass is 9.98. The average Bonchev–Trinajstić information content (AvgIpc) is 2.45. The molecule has 1 fully saturated rings. The molecule has 1 N–H and O–H groups in total. The van der Waals surface area contributed by atoms with Crippen LogP contribution in [0.5, 0.6) is 0 Å². The van der Waals surface area contributed by atoms with Crippen LogP contribution in [0, 0.1) is 5.92 Å². The van der Waals surface area contributed by atoms with Crippen molar-refractivity contribution in [1.82, 2.24) is 13.9 Å². The highest BCUT2D eigenvalue weighted by atomic mass is 32.2. The van der Waals surface area contributed by atoms with Crippen molar-refractivity contribution in [2.75, 3.05) is 53.5 Å². The minimum absolute atomic E-state index is 0.507. The van der Waals surface area contributed by atoms with Gasteiger partial charge in [-0.25, -0.2) is 0 Å². The molecule has 120 valence electrons. The van der Waals surface area contributed by atoms with Crippen LogP contribution in [0.15, 0.2) is 0 Å². The van der Waals surface area contributed by atoms with Gasteiger partial charge in [0.2, 0.25) is 0 Å². The fourth-order valence-corrected chi connectivity index (χ4v) is 3.86. The predicted molar refractivity (Wildman–Crippen MR) is 80.9 cm³/mol. The molecule has 0 radical (unpaired) electrons. The van der Waals surface area contributed by atoms with Gasteiger partial charge in [-0.15, -0.1) is 0 Å². The quantitative estimate of drug-likeness (QED) is 0.631. The highest BCUT2D eigenvalue weighted by Crippen LogP contribution is 2.20. The van der Waals surface area contributed by atoms with Crippen molar-refractivity contribution in [3.05, 3.63) is 0 Å². The molecule has 0 aromatic carbocycles. The first-order chi connectivity index (χ1) is 9.52. The molecule has 1 saturated heterocycles. The second kappa shape index (κ2) is 8.94. The first-order valence-electron chi connectivity index (χ1n) is 7.43. The van der Waals surface area contributed by atoms with Crippen LogP contribution in [0.4, 0.5) is 0 Å². The number of hydrogen-bond acceptors (Lipinski definition) is 4. The van der Waals surface area contributed by atoms with E-state index in [0.29, 0.717) is 32.2 Å². The predicted octanol–water partition coefficient (Wildman–Crippen LogP) is 0.521. The van der Waals surface area contributed by atoms with Crippen LogP contribution in [0.3, 0.4) is 0 Å². The summed E-state index contributed by atoms with van der Waals surface area (Å²) in [6.45, 7) is 6.42. The molecule has 0 aromatic heterocycles. The molecule has 0 aromatic rings. The minimum Gasteiger partial charge on any atom is -0.385 e. The van der Waals surface area contributed by atoms with Gasteiger partial charge in [-0.1, -0.05) is 6.92 Å². The second-order valence-electron chi connectivity index (χ2n) is 5.33. The van der Waals surface area contributed by atoms with Crippen LogP contribution < -0.4 is 5.32 Å². The number of piperidine rings is 1. The van der Waals surface area contributed by atoms with Gasteiger partial charge in [0.25, 0.3) is 10.2 Å². The summed E-state index contributed by atoms with van der Waals surface area (Å²) in [5.41, 5.74) is 0. The summed E-state index contributed by atoms with van der Waals surface area (Å²) in [4.78, 5) is 0. The van der Waals surface area contributed by atoms with Crippen LogP contribution in [-0.2, 0) is 14.9 Å². The molecule has 0 unspecified atom stereocenters. The Bertz CT molecular complexity index is 354. The highest BCUT2D eigenvalue weighted by Gasteiger charge is 2.30. The molecule has 6 nitrogen and oxygen atoms in total. The number of nitrogens with zero attached hydrogens (tertiary/aromatic N) is 2. The van der Waals surface area contributed by atoms with Gasteiger partial charge in [-0.05, 0) is 38.3 Å². The fraction of sp³-hybridized carbons (Fsp3) is 1.00. The van der Waals surface area contributed by atoms with E-state index in [1.165, 1.54) is 4.31 Å². The van der Waals surface area contributed by atoms with E-state index in [2.05, 4.69) is 12.2 Å². The zero-order valence-electron chi connectivity index (χ0n) is 13.0. The number of methoxy groups -OCH3 is 1. The van der Waals surface area contributed by atoms with Crippen LogP contribution in [-0.4, -0.2) is 70.5 Å². The lowest BCUT2D eigenvalue weighted by Gasteiger charge is -2.33. The molecular formula is C13H29N3O3S.